The maximum Gasteiger partial charge on any atom is 0.0597 e. The Morgan fingerprint density at radius 3 is 3.27 bits per heavy atom. The minimum Gasteiger partial charge on any atom is -0.395 e. The zero-order valence-electron chi connectivity index (χ0n) is 6.79. The Bertz CT molecular complexity index is 140. The number of hydrogen-bond donors (Lipinski definition) is 2. The summed E-state index contributed by atoms with van der Waals surface area (Å²) in [5.74, 6) is 0. The lowest BCUT2D eigenvalue weighted by molar-refractivity contribution is 0.130. The van der Waals surface area contributed by atoms with Crippen molar-refractivity contribution in [2.75, 3.05) is 26.2 Å². The van der Waals surface area contributed by atoms with Crippen molar-refractivity contribution in [3.8, 4) is 0 Å². The molecule has 2 fully saturated rings. The Morgan fingerprint density at radius 1 is 1.55 bits per heavy atom. The van der Waals surface area contributed by atoms with Crippen LogP contribution in [-0.2, 0) is 0 Å². The predicted molar refractivity (Wildman–Crippen MR) is 43.5 cm³/mol. The minimum atomic E-state index is 0.281. The second kappa shape index (κ2) is 3.09. The molecule has 2 N–H and O–H groups in total. The minimum absolute atomic E-state index is 0.281. The summed E-state index contributed by atoms with van der Waals surface area (Å²) < 4.78 is 0. The third-order valence-corrected chi connectivity index (χ3v) is 2.82. The van der Waals surface area contributed by atoms with Crippen LogP contribution in [0.3, 0.4) is 0 Å². The van der Waals surface area contributed by atoms with Crippen LogP contribution in [0.2, 0.25) is 0 Å². The lowest BCUT2D eigenvalue weighted by atomic mass is 10.1. The van der Waals surface area contributed by atoms with Crippen molar-refractivity contribution >= 4 is 0 Å². The molecule has 3 nitrogen and oxygen atoms in total. The van der Waals surface area contributed by atoms with Crippen molar-refractivity contribution in [1.29, 1.82) is 0 Å². The van der Waals surface area contributed by atoms with Gasteiger partial charge in [-0.25, -0.2) is 0 Å². The van der Waals surface area contributed by atoms with Gasteiger partial charge in [-0.15, -0.1) is 0 Å². The fraction of sp³-hybridized carbons (Fsp3) is 1.00. The molecule has 0 amide bonds. The normalized spacial score (nSPS) is 39.0. The molecule has 2 unspecified atom stereocenters. The number of hydrogen-bond acceptors (Lipinski definition) is 3. The maximum absolute atomic E-state index is 8.92. The van der Waals surface area contributed by atoms with E-state index < -0.39 is 0 Å². The molecular weight excluding hydrogens is 140 g/mol. The zero-order valence-corrected chi connectivity index (χ0v) is 6.79. The van der Waals surface area contributed by atoms with E-state index in [9.17, 15) is 0 Å². The van der Waals surface area contributed by atoms with Gasteiger partial charge in [0.2, 0.25) is 0 Å². The third-order valence-electron chi connectivity index (χ3n) is 2.82. The molecule has 0 radical (unpaired) electrons. The topological polar surface area (TPSA) is 35.5 Å². The largest absolute Gasteiger partial charge is 0.395 e. The van der Waals surface area contributed by atoms with E-state index >= 15 is 0 Å². The summed E-state index contributed by atoms with van der Waals surface area (Å²) in [4.78, 5) is 2.50. The Balaban J connectivity index is 1.91. The molecule has 0 aromatic rings. The van der Waals surface area contributed by atoms with Gasteiger partial charge in [0.1, 0.15) is 0 Å². The molecule has 2 aliphatic rings. The Labute approximate surface area is 67.4 Å². The van der Waals surface area contributed by atoms with Crippen LogP contribution in [0.25, 0.3) is 0 Å². The van der Waals surface area contributed by atoms with E-state index in [0.29, 0.717) is 6.04 Å². The monoisotopic (exact) mass is 156 g/mol. The molecular formula is C8H16N2O. The molecule has 0 aromatic heterocycles. The summed E-state index contributed by atoms with van der Waals surface area (Å²) >= 11 is 0. The number of fused-ring (bicyclic) bond motifs is 1. The van der Waals surface area contributed by atoms with Gasteiger partial charge in [0.05, 0.1) is 6.61 Å². The molecule has 0 aliphatic carbocycles. The molecule has 3 heteroatoms. The first-order chi connectivity index (χ1) is 5.40. The molecule has 0 bridgehead atoms. The Morgan fingerprint density at radius 2 is 2.45 bits per heavy atom. The molecule has 0 spiro atoms. The Hall–Kier alpha value is -0.120. The first-order valence-corrected chi connectivity index (χ1v) is 4.48. The van der Waals surface area contributed by atoms with E-state index in [4.69, 9.17) is 5.11 Å². The average Bonchev–Trinajstić information content (AvgIpc) is 2.50. The lowest BCUT2D eigenvalue weighted by Gasteiger charge is -2.35. The van der Waals surface area contributed by atoms with Gasteiger partial charge in [-0.1, -0.05) is 0 Å². The molecule has 64 valence electrons. The highest BCUT2D eigenvalue weighted by atomic mass is 16.3. The first kappa shape index (κ1) is 7.53. The van der Waals surface area contributed by atoms with Gasteiger partial charge in [0, 0.05) is 25.2 Å². The second-order valence-corrected chi connectivity index (χ2v) is 3.58. The van der Waals surface area contributed by atoms with Crippen LogP contribution in [0.1, 0.15) is 12.8 Å². The molecule has 2 atom stereocenters. The van der Waals surface area contributed by atoms with Gasteiger partial charge in [0.15, 0.2) is 0 Å². The van der Waals surface area contributed by atoms with E-state index in [2.05, 4.69) is 10.2 Å². The average molecular weight is 156 g/mol. The van der Waals surface area contributed by atoms with Crippen LogP contribution in [0.5, 0.6) is 0 Å². The number of nitrogens with one attached hydrogen (secondary N) is 1. The first-order valence-electron chi connectivity index (χ1n) is 4.48. The van der Waals surface area contributed by atoms with Gasteiger partial charge in [-0.05, 0) is 19.4 Å². The number of aliphatic hydroxyl groups excluding tert-OH is 1. The summed E-state index contributed by atoms with van der Waals surface area (Å²) in [5, 5.41) is 12.3. The van der Waals surface area contributed by atoms with Gasteiger partial charge in [0.25, 0.3) is 0 Å². The van der Waals surface area contributed by atoms with Crippen LogP contribution in [0, 0.1) is 0 Å². The summed E-state index contributed by atoms with van der Waals surface area (Å²) in [6.07, 6.45) is 2.68. The fourth-order valence-corrected chi connectivity index (χ4v) is 2.14. The van der Waals surface area contributed by atoms with Gasteiger partial charge >= 0.3 is 0 Å². The van der Waals surface area contributed by atoms with E-state index in [1.807, 2.05) is 0 Å². The van der Waals surface area contributed by atoms with Crippen molar-refractivity contribution < 1.29 is 5.11 Å². The smallest absolute Gasteiger partial charge is 0.0597 e. The van der Waals surface area contributed by atoms with Crippen molar-refractivity contribution in [3.63, 3.8) is 0 Å². The zero-order chi connectivity index (χ0) is 7.68. The van der Waals surface area contributed by atoms with E-state index in [1.54, 1.807) is 0 Å². The van der Waals surface area contributed by atoms with Crippen LogP contribution in [0.4, 0.5) is 0 Å². The highest BCUT2D eigenvalue weighted by Gasteiger charge is 2.30. The lowest BCUT2D eigenvalue weighted by Crippen LogP contribution is -2.55. The van der Waals surface area contributed by atoms with Crippen LogP contribution in [0.15, 0.2) is 0 Å². The highest BCUT2D eigenvalue weighted by molar-refractivity contribution is 4.89. The summed E-state index contributed by atoms with van der Waals surface area (Å²) in [6.45, 7) is 3.64. The van der Waals surface area contributed by atoms with Crippen LogP contribution >= 0.6 is 0 Å². The molecule has 0 saturated carbocycles. The predicted octanol–water partition coefficient (Wildman–Crippen LogP) is -0.585. The number of piperazine rings is 1. The van der Waals surface area contributed by atoms with Gasteiger partial charge in [-0.2, -0.15) is 0 Å². The van der Waals surface area contributed by atoms with Crippen LogP contribution < -0.4 is 5.32 Å². The molecule has 2 rings (SSSR count). The highest BCUT2D eigenvalue weighted by Crippen LogP contribution is 2.19. The molecule has 11 heavy (non-hydrogen) atoms. The van der Waals surface area contributed by atoms with Crippen LogP contribution in [-0.4, -0.2) is 48.3 Å². The number of aliphatic hydroxyl groups is 1. The quantitative estimate of drug-likeness (QED) is 0.533. The van der Waals surface area contributed by atoms with Crippen molar-refractivity contribution in [2.24, 2.45) is 0 Å². The number of rotatable bonds is 1. The molecule has 2 heterocycles. The maximum atomic E-state index is 8.92. The molecule has 2 aliphatic heterocycles. The fourth-order valence-electron chi connectivity index (χ4n) is 2.14. The Kier molecular flexibility index (Phi) is 2.11. The SMILES string of the molecule is OCC1CN2CCCC2CN1. The van der Waals surface area contributed by atoms with E-state index in [-0.39, 0.29) is 6.61 Å². The summed E-state index contributed by atoms with van der Waals surface area (Å²) in [7, 11) is 0. The second-order valence-electron chi connectivity index (χ2n) is 3.58. The number of nitrogens with zero attached hydrogens (tertiary/aromatic N) is 1. The van der Waals surface area contributed by atoms with Crippen molar-refractivity contribution in [3.05, 3.63) is 0 Å². The van der Waals surface area contributed by atoms with Crippen molar-refractivity contribution in [1.82, 2.24) is 10.2 Å². The van der Waals surface area contributed by atoms with Crippen molar-refractivity contribution in [2.45, 2.75) is 24.9 Å². The van der Waals surface area contributed by atoms with E-state index in [0.717, 1.165) is 19.1 Å². The summed E-state index contributed by atoms with van der Waals surface area (Å²) in [6, 6.07) is 1.09. The standard InChI is InChI=1S/C8H16N2O/c11-6-7-5-10-3-1-2-8(10)4-9-7/h7-9,11H,1-6H2. The van der Waals surface area contributed by atoms with E-state index in [1.165, 1.54) is 19.4 Å². The summed E-state index contributed by atoms with van der Waals surface area (Å²) in [5.41, 5.74) is 0. The van der Waals surface area contributed by atoms with Gasteiger partial charge < -0.3 is 10.4 Å². The molecule has 0 aromatic carbocycles. The molecule has 2 saturated heterocycles. The van der Waals surface area contributed by atoms with Gasteiger partial charge in [-0.3, -0.25) is 4.90 Å². The third kappa shape index (κ3) is 1.41.